The molecular formula is C16H24ClN. The number of alkyl halides is 1. The van der Waals surface area contributed by atoms with Crippen molar-refractivity contribution in [2.45, 2.75) is 46.0 Å². The molecule has 0 amide bonds. The SMILES string of the molecule is Cc1ccc(NCC2(CCl)CCCCC2)cc1C. The van der Waals surface area contributed by atoms with Crippen molar-refractivity contribution in [3.63, 3.8) is 0 Å². The predicted molar refractivity (Wildman–Crippen MR) is 80.6 cm³/mol. The van der Waals surface area contributed by atoms with Crippen LogP contribution in [0.3, 0.4) is 0 Å². The van der Waals surface area contributed by atoms with Crippen LogP contribution in [-0.4, -0.2) is 12.4 Å². The standard InChI is InChI=1S/C16H24ClN/c1-13-6-7-15(10-14(13)2)18-12-16(11-17)8-4-3-5-9-16/h6-7,10,18H,3-5,8-9,11-12H2,1-2H3. The van der Waals surface area contributed by atoms with Gasteiger partial charge in [-0.2, -0.15) is 0 Å². The molecule has 1 N–H and O–H groups in total. The summed E-state index contributed by atoms with van der Waals surface area (Å²) in [6.07, 6.45) is 6.59. The fraction of sp³-hybridized carbons (Fsp3) is 0.625. The molecule has 1 aromatic rings. The summed E-state index contributed by atoms with van der Waals surface area (Å²) in [5, 5.41) is 3.59. The summed E-state index contributed by atoms with van der Waals surface area (Å²) < 4.78 is 0. The van der Waals surface area contributed by atoms with E-state index in [1.54, 1.807) is 0 Å². The van der Waals surface area contributed by atoms with Crippen molar-refractivity contribution in [3.8, 4) is 0 Å². The number of hydrogen-bond acceptors (Lipinski definition) is 1. The van der Waals surface area contributed by atoms with Crippen molar-refractivity contribution >= 4 is 17.3 Å². The number of anilines is 1. The number of aryl methyl sites for hydroxylation is 2. The van der Waals surface area contributed by atoms with E-state index in [0.29, 0.717) is 5.41 Å². The largest absolute Gasteiger partial charge is 0.384 e. The zero-order chi connectivity index (χ0) is 13.0. The molecule has 1 nitrogen and oxygen atoms in total. The van der Waals surface area contributed by atoms with Crippen LogP contribution in [0.5, 0.6) is 0 Å². The van der Waals surface area contributed by atoms with E-state index in [4.69, 9.17) is 11.6 Å². The highest BCUT2D eigenvalue weighted by Crippen LogP contribution is 2.37. The Balaban J connectivity index is 1.98. The maximum Gasteiger partial charge on any atom is 0.0343 e. The molecule has 0 radical (unpaired) electrons. The van der Waals surface area contributed by atoms with Crippen LogP contribution in [0.25, 0.3) is 0 Å². The van der Waals surface area contributed by atoms with E-state index in [1.807, 2.05) is 0 Å². The minimum Gasteiger partial charge on any atom is -0.384 e. The molecule has 0 unspecified atom stereocenters. The normalized spacial score (nSPS) is 18.6. The maximum atomic E-state index is 6.22. The Hall–Kier alpha value is -0.690. The van der Waals surface area contributed by atoms with Gasteiger partial charge in [0.1, 0.15) is 0 Å². The molecule has 0 atom stereocenters. The van der Waals surface area contributed by atoms with E-state index in [2.05, 4.69) is 37.4 Å². The molecule has 1 aromatic carbocycles. The van der Waals surface area contributed by atoms with Crippen LogP contribution >= 0.6 is 11.6 Å². The molecule has 0 bridgehead atoms. The lowest BCUT2D eigenvalue weighted by Crippen LogP contribution is -2.33. The van der Waals surface area contributed by atoms with Gasteiger partial charge in [0.25, 0.3) is 0 Å². The van der Waals surface area contributed by atoms with Gasteiger partial charge in [-0.1, -0.05) is 25.3 Å². The number of benzene rings is 1. The highest BCUT2D eigenvalue weighted by molar-refractivity contribution is 6.18. The molecule has 18 heavy (non-hydrogen) atoms. The average Bonchev–Trinajstić information content (AvgIpc) is 2.41. The number of nitrogens with one attached hydrogen (secondary N) is 1. The lowest BCUT2D eigenvalue weighted by molar-refractivity contribution is 0.238. The molecule has 2 heteroatoms. The molecular weight excluding hydrogens is 242 g/mol. The molecule has 2 rings (SSSR count). The number of hydrogen-bond donors (Lipinski definition) is 1. The van der Waals surface area contributed by atoms with Gasteiger partial charge in [-0.05, 0) is 49.9 Å². The van der Waals surface area contributed by atoms with Crippen LogP contribution in [0.15, 0.2) is 18.2 Å². The van der Waals surface area contributed by atoms with Crippen molar-refractivity contribution in [1.29, 1.82) is 0 Å². The van der Waals surface area contributed by atoms with Crippen molar-refractivity contribution in [2.75, 3.05) is 17.7 Å². The summed E-state index contributed by atoms with van der Waals surface area (Å²) in [5.41, 5.74) is 4.25. The van der Waals surface area contributed by atoms with Crippen LogP contribution in [-0.2, 0) is 0 Å². The summed E-state index contributed by atoms with van der Waals surface area (Å²) in [4.78, 5) is 0. The first-order chi connectivity index (χ1) is 8.65. The molecule has 0 aromatic heterocycles. The van der Waals surface area contributed by atoms with Gasteiger partial charge in [-0.25, -0.2) is 0 Å². The minimum atomic E-state index is 0.318. The van der Waals surface area contributed by atoms with E-state index in [0.717, 1.165) is 12.4 Å². The second kappa shape index (κ2) is 5.97. The predicted octanol–water partition coefficient (Wildman–Crippen LogP) is 4.90. The van der Waals surface area contributed by atoms with Gasteiger partial charge in [-0.3, -0.25) is 0 Å². The topological polar surface area (TPSA) is 12.0 Å². The molecule has 0 aliphatic heterocycles. The third-order valence-electron chi connectivity index (χ3n) is 4.37. The highest BCUT2D eigenvalue weighted by atomic mass is 35.5. The van der Waals surface area contributed by atoms with E-state index in [1.165, 1.54) is 48.9 Å². The van der Waals surface area contributed by atoms with E-state index in [9.17, 15) is 0 Å². The van der Waals surface area contributed by atoms with Gasteiger partial charge in [0.15, 0.2) is 0 Å². The van der Waals surface area contributed by atoms with Gasteiger partial charge < -0.3 is 5.32 Å². The van der Waals surface area contributed by atoms with Crippen LogP contribution in [0.2, 0.25) is 0 Å². The van der Waals surface area contributed by atoms with E-state index >= 15 is 0 Å². The summed E-state index contributed by atoms with van der Waals surface area (Å²) in [5.74, 6) is 0.783. The Morgan fingerprint density at radius 1 is 1.11 bits per heavy atom. The molecule has 1 fully saturated rings. The Kier molecular flexibility index (Phi) is 4.55. The van der Waals surface area contributed by atoms with Crippen LogP contribution in [0.1, 0.15) is 43.2 Å². The lowest BCUT2D eigenvalue weighted by Gasteiger charge is -2.36. The molecule has 1 saturated carbocycles. The smallest absolute Gasteiger partial charge is 0.0343 e. The highest BCUT2D eigenvalue weighted by Gasteiger charge is 2.30. The average molecular weight is 266 g/mol. The fourth-order valence-electron chi connectivity index (χ4n) is 2.80. The van der Waals surface area contributed by atoms with Crippen LogP contribution < -0.4 is 5.32 Å². The fourth-order valence-corrected chi connectivity index (χ4v) is 3.16. The Morgan fingerprint density at radius 3 is 2.44 bits per heavy atom. The van der Waals surface area contributed by atoms with Crippen molar-refractivity contribution in [3.05, 3.63) is 29.3 Å². The van der Waals surface area contributed by atoms with Gasteiger partial charge in [0, 0.05) is 23.5 Å². The minimum absolute atomic E-state index is 0.318. The van der Waals surface area contributed by atoms with Gasteiger partial charge >= 0.3 is 0 Å². The first-order valence-corrected chi connectivity index (χ1v) is 7.56. The first kappa shape index (κ1) is 13.7. The second-order valence-corrected chi connectivity index (χ2v) is 6.11. The quantitative estimate of drug-likeness (QED) is 0.763. The van der Waals surface area contributed by atoms with E-state index < -0.39 is 0 Å². The zero-order valence-corrected chi connectivity index (χ0v) is 12.3. The third-order valence-corrected chi connectivity index (χ3v) is 4.94. The summed E-state index contributed by atoms with van der Waals surface area (Å²) in [7, 11) is 0. The van der Waals surface area contributed by atoms with Crippen LogP contribution in [0.4, 0.5) is 5.69 Å². The van der Waals surface area contributed by atoms with Crippen molar-refractivity contribution < 1.29 is 0 Å². The molecule has 1 aliphatic carbocycles. The van der Waals surface area contributed by atoms with Gasteiger partial charge in [-0.15, -0.1) is 11.6 Å². The third kappa shape index (κ3) is 3.20. The summed E-state index contributed by atoms with van der Waals surface area (Å²) >= 11 is 6.22. The van der Waals surface area contributed by atoms with Crippen molar-refractivity contribution in [2.24, 2.45) is 5.41 Å². The molecule has 0 saturated heterocycles. The first-order valence-electron chi connectivity index (χ1n) is 7.02. The molecule has 100 valence electrons. The Labute approximate surface area is 116 Å². The zero-order valence-electron chi connectivity index (χ0n) is 11.6. The number of halogens is 1. The Bertz CT molecular complexity index is 394. The van der Waals surface area contributed by atoms with Gasteiger partial charge in [0.2, 0.25) is 0 Å². The molecule has 0 spiro atoms. The van der Waals surface area contributed by atoms with Gasteiger partial charge in [0.05, 0.1) is 0 Å². The Morgan fingerprint density at radius 2 is 1.83 bits per heavy atom. The molecule has 1 aliphatic rings. The van der Waals surface area contributed by atoms with E-state index in [-0.39, 0.29) is 0 Å². The van der Waals surface area contributed by atoms with Crippen molar-refractivity contribution in [1.82, 2.24) is 0 Å². The number of rotatable bonds is 4. The molecule has 0 heterocycles. The summed E-state index contributed by atoms with van der Waals surface area (Å²) in [6.45, 7) is 5.33. The van der Waals surface area contributed by atoms with Crippen LogP contribution in [0, 0.1) is 19.3 Å². The second-order valence-electron chi connectivity index (χ2n) is 5.85. The monoisotopic (exact) mass is 265 g/mol. The summed E-state index contributed by atoms with van der Waals surface area (Å²) in [6, 6.07) is 6.60. The maximum absolute atomic E-state index is 6.22. The lowest BCUT2D eigenvalue weighted by atomic mass is 9.75.